The second-order valence-electron chi connectivity index (χ2n) is 8.31. The summed E-state index contributed by atoms with van der Waals surface area (Å²) in [6.45, 7) is 7.21. The van der Waals surface area contributed by atoms with Crippen molar-refractivity contribution in [3.05, 3.63) is 87.1 Å². The van der Waals surface area contributed by atoms with Crippen LogP contribution in [-0.4, -0.2) is 25.7 Å². The number of ether oxygens (including phenoxy) is 4. The molecule has 0 fully saturated rings. The van der Waals surface area contributed by atoms with E-state index >= 15 is 0 Å². The molecule has 5 rings (SSSR count). The standard InChI is InChI=1S/C28H26BrNO5/c1-3-30(4-2)22-7-5-18(6-8-22)11-26-27(31)24-10-9-23(14-25(24)35-26)33-16-20-13-21(29)12-19-15-32-17-34-28(19)20/h5-14H,3-4,15-17H2,1-2H3/b26-11-. The molecule has 2 aliphatic heterocycles. The van der Waals surface area contributed by atoms with Crippen LogP contribution in [0.1, 0.15) is 40.9 Å². The van der Waals surface area contributed by atoms with Crippen LogP contribution in [0.3, 0.4) is 0 Å². The van der Waals surface area contributed by atoms with E-state index < -0.39 is 0 Å². The number of hydrogen-bond donors (Lipinski definition) is 0. The number of hydrogen-bond acceptors (Lipinski definition) is 6. The minimum atomic E-state index is -0.131. The summed E-state index contributed by atoms with van der Waals surface area (Å²) in [5.74, 6) is 2.09. The number of Topliss-reactive ketones (excluding diaryl/α,β-unsaturated/α-hetero) is 1. The maximum atomic E-state index is 12.9. The Morgan fingerprint density at radius 1 is 1.06 bits per heavy atom. The van der Waals surface area contributed by atoms with Crippen LogP contribution in [0.25, 0.3) is 6.08 Å². The summed E-state index contributed by atoms with van der Waals surface area (Å²) in [7, 11) is 0. The number of anilines is 1. The second-order valence-corrected chi connectivity index (χ2v) is 9.23. The molecule has 0 saturated heterocycles. The number of carbonyl (C=O) groups is 1. The van der Waals surface area contributed by atoms with Gasteiger partial charge in [0.1, 0.15) is 23.9 Å². The quantitative estimate of drug-likeness (QED) is 0.328. The van der Waals surface area contributed by atoms with E-state index in [1.54, 1.807) is 24.3 Å². The van der Waals surface area contributed by atoms with Crippen LogP contribution < -0.4 is 19.1 Å². The van der Waals surface area contributed by atoms with Crippen molar-refractivity contribution in [3.63, 3.8) is 0 Å². The summed E-state index contributed by atoms with van der Waals surface area (Å²) in [5.41, 5.74) is 4.50. The van der Waals surface area contributed by atoms with Gasteiger partial charge in [-0.2, -0.15) is 0 Å². The van der Waals surface area contributed by atoms with Crippen LogP contribution >= 0.6 is 15.9 Å². The molecule has 0 aromatic heterocycles. The molecule has 0 aliphatic carbocycles. The van der Waals surface area contributed by atoms with E-state index in [9.17, 15) is 4.79 Å². The van der Waals surface area contributed by atoms with E-state index in [1.165, 1.54) is 0 Å². The third-order valence-electron chi connectivity index (χ3n) is 6.11. The monoisotopic (exact) mass is 535 g/mol. The van der Waals surface area contributed by atoms with Gasteiger partial charge in [0, 0.05) is 40.4 Å². The highest BCUT2D eigenvalue weighted by atomic mass is 79.9. The van der Waals surface area contributed by atoms with Gasteiger partial charge < -0.3 is 23.8 Å². The van der Waals surface area contributed by atoms with Gasteiger partial charge in [0.2, 0.25) is 5.78 Å². The molecule has 0 N–H and O–H groups in total. The molecule has 0 amide bonds. The topological polar surface area (TPSA) is 57.2 Å². The van der Waals surface area contributed by atoms with Gasteiger partial charge in [0.25, 0.3) is 0 Å². The zero-order valence-corrected chi connectivity index (χ0v) is 21.3. The molecule has 0 bridgehead atoms. The second kappa shape index (κ2) is 10.1. The highest BCUT2D eigenvalue weighted by Crippen LogP contribution is 2.36. The van der Waals surface area contributed by atoms with Crippen molar-refractivity contribution in [2.24, 2.45) is 0 Å². The number of fused-ring (bicyclic) bond motifs is 2. The van der Waals surface area contributed by atoms with Crippen LogP contribution in [0.4, 0.5) is 5.69 Å². The highest BCUT2D eigenvalue weighted by molar-refractivity contribution is 9.10. The van der Waals surface area contributed by atoms with Crippen molar-refractivity contribution in [2.75, 3.05) is 24.8 Å². The van der Waals surface area contributed by atoms with Crippen LogP contribution in [0.5, 0.6) is 17.2 Å². The maximum Gasteiger partial charge on any atom is 0.231 e. The summed E-state index contributed by atoms with van der Waals surface area (Å²) in [4.78, 5) is 15.2. The van der Waals surface area contributed by atoms with Gasteiger partial charge in [0.15, 0.2) is 12.6 Å². The van der Waals surface area contributed by atoms with Crippen molar-refractivity contribution in [2.45, 2.75) is 27.1 Å². The van der Waals surface area contributed by atoms with Crippen molar-refractivity contribution in [1.29, 1.82) is 0 Å². The van der Waals surface area contributed by atoms with E-state index in [1.807, 2.05) is 24.3 Å². The number of rotatable bonds is 7. The molecular formula is C28H26BrNO5. The lowest BCUT2D eigenvalue weighted by atomic mass is 10.1. The van der Waals surface area contributed by atoms with E-state index in [4.69, 9.17) is 18.9 Å². The minimum Gasteiger partial charge on any atom is -0.489 e. The van der Waals surface area contributed by atoms with Gasteiger partial charge in [-0.05, 0) is 61.9 Å². The smallest absolute Gasteiger partial charge is 0.231 e. The first-order valence-electron chi connectivity index (χ1n) is 11.6. The van der Waals surface area contributed by atoms with Gasteiger partial charge in [0.05, 0.1) is 12.2 Å². The van der Waals surface area contributed by atoms with Crippen LogP contribution in [-0.2, 0) is 18.0 Å². The predicted octanol–water partition coefficient (Wildman–Crippen LogP) is 6.36. The van der Waals surface area contributed by atoms with Gasteiger partial charge in [-0.3, -0.25) is 4.79 Å². The van der Waals surface area contributed by atoms with Crippen LogP contribution in [0.15, 0.2) is 64.8 Å². The predicted molar refractivity (Wildman–Crippen MR) is 138 cm³/mol. The Morgan fingerprint density at radius 2 is 1.86 bits per heavy atom. The van der Waals surface area contributed by atoms with Gasteiger partial charge in [-0.15, -0.1) is 0 Å². The zero-order valence-electron chi connectivity index (χ0n) is 19.7. The van der Waals surface area contributed by atoms with Gasteiger partial charge >= 0.3 is 0 Å². The largest absolute Gasteiger partial charge is 0.489 e. The molecule has 7 heteroatoms. The Kier molecular flexibility index (Phi) is 6.79. The Hall–Kier alpha value is -3.29. The zero-order chi connectivity index (χ0) is 24.4. The summed E-state index contributed by atoms with van der Waals surface area (Å²) < 4.78 is 23.9. The molecule has 0 unspecified atom stereocenters. The number of ketones is 1. The van der Waals surface area contributed by atoms with Gasteiger partial charge in [-0.25, -0.2) is 0 Å². The number of halogens is 1. The third-order valence-corrected chi connectivity index (χ3v) is 6.56. The first-order chi connectivity index (χ1) is 17.1. The van der Waals surface area contributed by atoms with Crippen LogP contribution in [0, 0.1) is 0 Å². The molecule has 0 saturated carbocycles. The molecule has 180 valence electrons. The molecule has 0 atom stereocenters. The first kappa shape index (κ1) is 23.5. The molecule has 0 radical (unpaired) electrons. The van der Waals surface area contributed by atoms with E-state index in [0.717, 1.165) is 45.7 Å². The normalized spacial score (nSPS) is 15.3. The minimum absolute atomic E-state index is 0.131. The summed E-state index contributed by atoms with van der Waals surface area (Å²) in [6.07, 6.45) is 1.78. The lowest BCUT2D eigenvalue weighted by molar-refractivity contribution is -0.0176. The van der Waals surface area contributed by atoms with Gasteiger partial charge in [-0.1, -0.05) is 28.1 Å². The lowest BCUT2D eigenvalue weighted by Crippen LogP contribution is -2.21. The Bertz CT molecular complexity index is 1280. The summed E-state index contributed by atoms with van der Waals surface area (Å²) in [6, 6.07) is 17.4. The SMILES string of the molecule is CCN(CC)c1ccc(/C=C2\Oc3cc(OCc4cc(Br)cc5c4OCOC5)ccc3C2=O)cc1. The van der Waals surface area contributed by atoms with Crippen molar-refractivity contribution in [1.82, 2.24) is 0 Å². The van der Waals surface area contributed by atoms with E-state index in [2.05, 4.69) is 46.8 Å². The first-order valence-corrected chi connectivity index (χ1v) is 12.4. The van der Waals surface area contributed by atoms with E-state index in [0.29, 0.717) is 36.0 Å². The number of nitrogens with zero attached hydrogens (tertiary/aromatic N) is 1. The van der Waals surface area contributed by atoms with Crippen LogP contribution in [0.2, 0.25) is 0 Å². The molecule has 0 spiro atoms. The molecular weight excluding hydrogens is 510 g/mol. The number of benzene rings is 3. The Labute approximate surface area is 213 Å². The number of carbonyl (C=O) groups excluding carboxylic acids is 1. The molecule has 2 heterocycles. The summed E-state index contributed by atoms with van der Waals surface area (Å²) >= 11 is 3.53. The molecule has 3 aromatic carbocycles. The average molecular weight is 536 g/mol. The van der Waals surface area contributed by atoms with E-state index in [-0.39, 0.29) is 12.6 Å². The fraction of sp³-hybridized carbons (Fsp3) is 0.250. The van der Waals surface area contributed by atoms with Crippen molar-refractivity contribution in [3.8, 4) is 17.2 Å². The third kappa shape index (κ3) is 4.92. The maximum absolute atomic E-state index is 12.9. The Morgan fingerprint density at radius 3 is 2.63 bits per heavy atom. The Balaban J connectivity index is 1.30. The highest BCUT2D eigenvalue weighted by Gasteiger charge is 2.28. The fourth-order valence-corrected chi connectivity index (χ4v) is 4.86. The molecule has 35 heavy (non-hydrogen) atoms. The molecule has 2 aliphatic rings. The lowest BCUT2D eigenvalue weighted by Gasteiger charge is -2.21. The molecule has 6 nitrogen and oxygen atoms in total. The average Bonchev–Trinajstić information content (AvgIpc) is 3.18. The molecule has 3 aromatic rings. The van der Waals surface area contributed by atoms with Crippen molar-refractivity contribution >= 4 is 33.5 Å². The van der Waals surface area contributed by atoms with Crippen molar-refractivity contribution < 1.29 is 23.7 Å². The summed E-state index contributed by atoms with van der Waals surface area (Å²) in [5, 5.41) is 0. The fourth-order valence-electron chi connectivity index (χ4n) is 4.30. The number of allylic oxidation sites excluding steroid dienone is 1.